The minimum atomic E-state index is -5.39. The predicted molar refractivity (Wildman–Crippen MR) is 7.61 cm³/mol. The summed E-state index contributed by atoms with van der Waals surface area (Å²) in [7, 11) is -5.39. The van der Waals surface area contributed by atoms with E-state index in [0.717, 1.165) is 0 Å². The van der Waals surface area contributed by atoms with Crippen LogP contribution in [0.25, 0.3) is 0 Å². The summed E-state index contributed by atoms with van der Waals surface area (Å²) in [5, 5.41) is 0. The van der Waals surface area contributed by atoms with Crippen LogP contribution in [0.1, 0.15) is 0 Å². The van der Waals surface area contributed by atoms with Gasteiger partial charge in [0.05, 0.1) is 0 Å². The minimum absolute atomic E-state index is 0. The van der Waals surface area contributed by atoms with Crippen molar-refractivity contribution in [3.63, 3.8) is 0 Å². The van der Waals surface area contributed by atoms with Crippen molar-refractivity contribution in [2.45, 2.75) is 0 Å². The Balaban J connectivity index is -0.00000000533. The maximum absolute atomic E-state index is 8.55. The van der Waals surface area contributed by atoms with Crippen LogP contribution in [-0.4, -0.2) is 0 Å². The first-order valence-corrected chi connectivity index (χ1v) is 2.19. The molecular formula is Co3Li3O4P. The second-order valence-corrected chi connectivity index (χ2v) is 1.34. The SMILES string of the molecule is O=P([O-])([O-])[O-].[Co].[Co].[Co].[Li+].[Li+].[Li+]. The maximum Gasteiger partial charge on any atom is 1.00 e. The van der Waals surface area contributed by atoms with Gasteiger partial charge in [0.1, 0.15) is 0 Å². The molecule has 0 amide bonds. The van der Waals surface area contributed by atoms with Gasteiger partial charge in [-0.3, -0.25) is 0 Å². The first kappa shape index (κ1) is 47.2. The summed E-state index contributed by atoms with van der Waals surface area (Å²) in [4.78, 5) is 25.6. The second-order valence-electron chi connectivity index (χ2n) is 0.447. The Morgan fingerprint density at radius 1 is 0.727 bits per heavy atom. The summed E-state index contributed by atoms with van der Waals surface area (Å²) in [6.45, 7) is 0. The molecule has 0 heterocycles. The van der Waals surface area contributed by atoms with Crippen LogP contribution in [0.5, 0.6) is 0 Å². The molecule has 3 radical (unpaired) electrons. The van der Waals surface area contributed by atoms with E-state index in [0.29, 0.717) is 0 Å². The topological polar surface area (TPSA) is 86.2 Å². The Hall–Kier alpha value is 3.42. The maximum atomic E-state index is 8.55. The summed E-state index contributed by atoms with van der Waals surface area (Å²) >= 11 is 0. The zero-order chi connectivity index (χ0) is 4.50. The molecule has 0 fully saturated rings. The summed E-state index contributed by atoms with van der Waals surface area (Å²) in [6.07, 6.45) is 0. The van der Waals surface area contributed by atoms with Gasteiger partial charge in [-0.2, -0.15) is 7.82 Å². The van der Waals surface area contributed by atoms with Crippen molar-refractivity contribution in [1.82, 2.24) is 0 Å². The number of rotatable bonds is 0. The van der Waals surface area contributed by atoms with E-state index >= 15 is 0 Å². The molecule has 4 nitrogen and oxygen atoms in total. The van der Waals surface area contributed by atoms with Gasteiger partial charge in [-0.1, -0.05) is 0 Å². The summed E-state index contributed by atoms with van der Waals surface area (Å²) in [5.41, 5.74) is 0. The molecule has 11 heavy (non-hydrogen) atoms. The van der Waals surface area contributed by atoms with E-state index in [1.54, 1.807) is 0 Å². The van der Waals surface area contributed by atoms with Crippen LogP contribution < -0.4 is 71.3 Å². The first-order chi connectivity index (χ1) is 2.00. The number of hydrogen-bond acceptors (Lipinski definition) is 4. The molecule has 0 aromatic heterocycles. The van der Waals surface area contributed by atoms with E-state index in [1.165, 1.54) is 0 Å². The standard InChI is InChI=1S/3Co.3Li.H3O4P/c;;;;;;1-5(2,3)4/h;;;;;;(H3,1,2,3,4)/q;;;3*+1;/p-3. The molecule has 59 valence electrons. The summed E-state index contributed by atoms with van der Waals surface area (Å²) in [6, 6.07) is 0. The van der Waals surface area contributed by atoms with Crippen molar-refractivity contribution in [3.05, 3.63) is 0 Å². The van der Waals surface area contributed by atoms with Gasteiger partial charge < -0.3 is 19.2 Å². The monoisotopic (exact) mass is 293 g/mol. The van der Waals surface area contributed by atoms with E-state index in [2.05, 4.69) is 0 Å². The third kappa shape index (κ3) is 150. The fourth-order valence-electron chi connectivity index (χ4n) is 0. The second kappa shape index (κ2) is 23.3. The van der Waals surface area contributed by atoms with Crippen LogP contribution >= 0.6 is 7.82 Å². The molecule has 0 saturated carbocycles. The van der Waals surface area contributed by atoms with E-state index in [9.17, 15) is 0 Å². The quantitative estimate of drug-likeness (QED) is 0.328. The molecule has 0 aromatic rings. The van der Waals surface area contributed by atoms with Crippen molar-refractivity contribution >= 4 is 7.82 Å². The van der Waals surface area contributed by atoms with Crippen LogP contribution in [0.2, 0.25) is 0 Å². The van der Waals surface area contributed by atoms with Crippen LogP contribution in [0.15, 0.2) is 0 Å². The summed E-state index contributed by atoms with van der Waals surface area (Å²) in [5.74, 6) is 0. The van der Waals surface area contributed by atoms with Crippen molar-refractivity contribution in [2.75, 3.05) is 0 Å². The Morgan fingerprint density at radius 3 is 0.727 bits per heavy atom. The minimum Gasteiger partial charge on any atom is -0.822 e. The van der Waals surface area contributed by atoms with E-state index in [-0.39, 0.29) is 107 Å². The number of phosphoric acid groups is 1. The zero-order valence-electron chi connectivity index (χ0n) is 6.08. The average molecular weight is 293 g/mol. The molecule has 0 N–H and O–H groups in total. The molecule has 0 aliphatic rings. The third-order valence-corrected chi connectivity index (χ3v) is 0. The van der Waals surface area contributed by atoms with Crippen molar-refractivity contribution in [1.29, 1.82) is 0 Å². The zero-order valence-corrected chi connectivity index (χ0v) is 10.1. The molecule has 0 aliphatic heterocycles. The van der Waals surface area contributed by atoms with Gasteiger partial charge >= 0.3 is 56.6 Å². The fraction of sp³-hybridized carbons (Fsp3) is 0. The van der Waals surface area contributed by atoms with Gasteiger partial charge in [0.15, 0.2) is 0 Å². The van der Waals surface area contributed by atoms with Crippen LogP contribution in [0, 0.1) is 0 Å². The van der Waals surface area contributed by atoms with Gasteiger partial charge in [-0.25, -0.2) is 0 Å². The van der Waals surface area contributed by atoms with Gasteiger partial charge in [-0.05, 0) is 0 Å². The normalized spacial score (nSPS) is 5.36. The van der Waals surface area contributed by atoms with Crippen LogP contribution in [-0.2, 0) is 54.9 Å². The van der Waals surface area contributed by atoms with Gasteiger partial charge in [0, 0.05) is 50.3 Å². The molecule has 11 heteroatoms. The first-order valence-electron chi connectivity index (χ1n) is 0.730. The predicted octanol–water partition coefficient (Wildman–Crippen LogP) is -11.8. The van der Waals surface area contributed by atoms with Crippen LogP contribution in [0.4, 0.5) is 0 Å². The van der Waals surface area contributed by atoms with Crippen molar-refractivity contribution in [2.24, 2.45) is 0 Å². The third-order valence-electron chi connectivity index (χ3n) is 0. The summed E-state index contributed by atoms with van der Waals surface area (Å²) < 4.78 is 8.55. The molecule has 0 rings (SSSR count). The Morgan fingerprint density at radius 2 is 0.727 bits per heavy atom. The molecule has 0 saturated heterocycles. The molecule has 0 atom stereocenters. The average Bonchev–Trinajstić information content (AvgIpc) is 0.722. The van der Waals surface area contributed by atoms with Gasteiger partial charge in [0.25, 0.3) is 0 Å². The number of hydrogen-bond donors (Lipinski definition) is 0. The molecule has 0 aromatic carbocycles. The van der Waals surface area contributed by atoms with Gasteiger partial charge in [-0.15, -0.1) is 0 Å². The fourth-order valence-corrected chi connectivity index (χ4v) is 0. The molecular weight excluding hydrogens is 293 g/mol. The Labute approximate surface area is 132 Å². The molecule has 0 bridgehead atoms. The van der Waals surface area contributed by atoms with E-state index in [4.69, 9.17) is 19.2 Å². The molecule has 0 unspecified atom stereocenters. The Kier molecular flexibility index (Phi) is 100. The van der Waals surface area contributed by atoms with Gasteiger partial charge in [0.2, 0.25) is 0 Å². The van der Waals surface area contributed by atoms with Crippen molar-refractivity contribution < 1.29 is 126 Å². The van der Waals surface area contributed by atoms with Crippen molar-refractivity contribution in [3.8, 4) is 0 Å². The largest absolute Gasteiger partial charge is 1.00 e. The smallest absolute Gasteiger partial charge is 0.822 e. The Bertz CT molecular complexity index is 66.7. The molecule has 0 spiro atoms. The van der Waals surface area contributed by atoms with E-state index < -0.39 is 7.82 Å². The molecule has 0 aliphatic carbocycles. The van der Waals surface area contributed by atoms with E-state index in [1.807, 2.05) is 0 Å². The van der Waals surface area contributed by atoms with Crippen LogP contribution in [0.3, 0.4) is 0 Å².